The van der Waals surface area contributed by atoms with E-state index in [2.05, 4.69) is 39.7 Å². The van der Waals surface area contributed by atoms with Gasteiger partial charge in [-0.05, 0) is 61.2 Å². The highest BCUT2D eigenvalue weighted by atomic mass is 35.5. The number of halogens is 1. The number of fused-ring (bicyclic) bond motifs is 1. The molecule has 4 rings (SSSR count). The second-order valence-electron chi connectivity index (χ2n) is 7.67. The fourth-order valence-electron chi connectivity index (χ4n) is 3.99. The number of hydrogen-bond donors (Lipinski definition) is 1. The average molecular weight is 409 g/mol. The van der Waals surface area contributed by atoms with Gasteiger partial charge >= 0.3 is 0 Å². The molecule has 0 saturated carbocycles. The van der Waals surface area contributed by atoms with E-state index >= 15 is 0 Å². The van der Waals surface area contributed by atoms with E-state index in [1.165, 1.54) is 24.2 Å². The number of unbranched alkanes of at least 4 members (excludes halogenated alkanes) is 1. The molecule has 0 fully saturated rings. The number of hydrogen-bond acceptors (Lipinski definition) is 1. The smallest absolute Gasteiger partial charge is 0.266 e. The summed E-state index contributed by atoms with van der Waals surface area (Å²) in [6.07, 6.45) is 7.66. The number of nitrogens with one attached hydrogen (secondary N) is 1. The van der Waals surface area contributed by atoms with E-state index in [-0.39, 0.29) is 5.91 Å². The second kappa shape index (κ2) is 8.83. The molecule has 29 heavy (non-hydrogen) atoms. The predicted molar refractivity (Wildman–Crippen MR) is 117 cm³/mol. The van der Waals surface area contributed by atoms with Crippen molar-refractivity contribution in [2.24, 2.45) is 0 Å². The topological polar surface area (TPSA) is 37.9 Å². The van der Waals surface area contributed by atoms with Crippen LogP contribution < -0.4 is 9.88 Å². The van der Waals surface area contributed by atoms with Gasteiger partial charge in [-0.25, -0.2) is 9.13 Å². The number of nitrogens with zero attached hydrogens (tertiary/aromatic N) is 2. The molecule has 0 spiro atoms. The lowest BCUT2D eigenvalue weighted by Crippen LogP contribution is -2.42. The lowest BCUT2D eigenvalue weighted by Gasteiger charge is -2.06. The Morgan fingerprint density at radius 2 is 1.90 bits per heavy atom. The van der Waals surface area contributed by atoms with Crippen LogP contribution in [0.4, 0.5) is 5.69 Å². The molecule has 0 atom stereocenters. The quantitative estimate of drug-likeness (QED) is 0.547. The first-order chi connectivity index (χ1) is 14.1. The van der Waals surface area contributed by atoms with Crippen molar-refractivity contribution < 1.29 is 9.36 Å². The van der Waals surface area contributed by atoms with E-state index in [1.807, 2.05) is 36.4 Å². The van der Waals surface area contributed by atoms with Gasteiger partial charge in [-0.3, -0.25) is 4.79 Å². The van der Waals surface area contributed by atoms with Crippen molar-refractivity contribution in [1.29, 1.82) is 0 Å². The number of carbonyl (C=O) groups is 1. The van der Waals surface area contributed by atoms with Gasteiger partial charge in [-0.15, -0.1) is 0 Å². The molecule has 2 heterocycles. The molecule has 3 aromatic rings. The van der Waals surface area contributed by atoms with E-state index in [4.69, 9.17) is 11.6 Å². The van der Waals surface area contributed by atoms with Crippen molar-refractivity contribution in [1.82, 2.24) is 4.57 Å². The molecule has 4 nitrogen and oxygen atoms in total. The first-order valence-corrected chi connectivity index (χ1v) is 10.8. The number of imidazole rings is 1. The Labute approximate surface area is 177 Å². The van der Waals surface area contributed by atoms with Crippen molar-refractivity contribution in [2.45, 2.75) is 52.1 Å². The molecule has 0 saturated heterocycles. The lowest BCUT2D eigenvalue weighted by atomic mass is 10.1. The molecule has 0 unspecified atom stereocenters. The summed E-state index contributed by atoms with van der Waals surface area (Å²) in [5, 5.41) is 3.77. The van der Waals surface area contributed by atoms with Crippen molar-refractivity contribution in [3.63, 3.8) is 0 Å². The van der Waals surface area contributed by atoms with Crippen LogP contribution >= 0.6 is 11.6 Å². The molecule has 1 aliphatic rings. The molecule has 150 valence electrons. The predicted octanol–water partition coefficient (Wildman–Crippen LogP) is 5.02. The summed E-state index contributed by atoms with van der Waals surface area (Å²) in [7, 11) is 0. The van der Waals surface area contributed by atoms with Crippen LogP contribution in [0.5, 0.6) is 0 Å². The summed E-state index contributed by atoms with van der Waals surface area (Å²) in [5.41, 5.74) is 4.43. The molecule has 1 N–H and O–H groups in total. The third-order valence-corrected chi connectivity index (χ3v) is 5.76. The lowest BCUT2D eigenvalue weighted by molar-refractivity contribution is -0.690. The number of amides is 1. The Balaban J connectivity index is 1.47. The van der Waals surface area contributed by atoms with Gasteiger partial charge in [0.1, 0.15) is 6.20 Å². The molecular formula is C24H27ClN3O+. The van der Waals surface area contributed by atoms with Gasteiger partial charge in [-0.2, -0.15) is 0 Å². The second-order valence-corrected chi connectivity index (χ2v) is 8.11. The van der Waals surface area contributed by atoms with Gasteiger partial charge in [-0.1, -0.05) is 37.1 Å². The van der Waals surface area contributed by atoms with Crippen LogP contribution in [-0.2, 0) is 30.7 Å². The van der Waals surface area contributed by atoms with Crippen LogP contribution in [0.3, 0.4) is 0 Å². The largest absolute Gasteiger partial charge is 0.323 e. The first kappa shape index (κ1) is 19.7. The number of rotatable bonds is 7. The zero-order chi connectivity index (χ0) is 20.2. The van der Waals surface area contributed by atoms with Gasteiger partial charge < -0.3 is 5.32 Å². The van der Waals surface area contributed by atoms with Crippen LogP contribution in [0.25, 0.3) is 11.3 Å². The SMILES string of the molecule is CCCCc1ccc(NC(=O)C[n+]2cc(-c3ccc(Cl)cc3)n3c2CCC3)cc1. The number of aromatic nitrogens is 2. The van der Waals surface area contributed by atoms with E-state index in [1.54, 1.807) is 0 Å². The standard InChI is InChI=1S/C24H26ClN3O/c1-2-3-5-18-7-13-21(14-8-18)26-23(29)17-27-16-22(28-15-4-6-24(27)28)19-9-11-20(25)12-10-19/h7-14,16H,2-6,15,17H2,1H3/p+1. The van der Waals surface area contributed by atoms with Gasteiger partial charge in [0.15, 0.2) is 12.2 Å². The van der Waals surface area contributed by atoms with Crippen molar-refractivity contribution in [3.05, 3.63) is 71.1 Å². The molecule has 0 bridgehead atoms. The summed E-state index contributed by atoms with van der Waals surface area (Å²) >= 11 is 6.04. The van der Waals surface area contributed by atoms with E-state index in [0.29, 0.717) is 6.54 Å². The molecule has 1 amide bonds. The van der Waals surface area contributed by atoms with Crippen LogP contribution in [0.15, 0.2) is 54.7 Å². The van der Waals surface area contributed by atoms with Gasteiger partial charge in [0.05, 0.1) is 13.0 Å². The van der Waals surface area contributed by atoms with Gasteiger partial charge in [0, 0.05) is 16.3 Å². The fourth-order valence-corrected chi connectivity index (χ4v) is 4.11. The molecule has 5 heteroatoms. The Hall–Kier alpha value is -2.59. The highest BCUT2D eigenvalue weighted by Crippen LogP contribution is 2.26. The monoisotopic (exact) mass is 408 g/mol. The Bertz CT molecular complexity index is 990. The van der Waals surface area contributed by atoms with Crippen molar-refractivity contribution in [3.8, 4) is 11.3 Å². The molecular weight excluding hydrogens is 382 g/mol. The van der Waals surface area contributed by atoms with Crippen molar-refractivity contribution in [2.75, 3.05) is 5.32 Å². The molecule has 0 radical (unpaired) electrons. The van der Waals surface area contributed by atoms with Crippen LogP contribution in [-0.4, -0.2) is 10.5 Å². The van der Waals surface area contributed by atoms with Crippen LogP contribution in [0.2, 0.25) is 5.02 Å². The van der Waals surface area contributed by atoms with Crippen LogP contribution in [0, 0.1) is 0 Å². The van der Waals surface area contributed by atoms with Crippen LogP contribution in [0.1, 0.15) is 37.6 Å². The fraction of sp³-hybridized carbons (Fsp3) is 0.333. The Morgan fingerprint density at radius 3 is 2.62 bits per heavy atom. The van der Waals surface area contributed by atoms with Crippen molar-refractivity contribution >= 4 is 23.2 Å². The van der Waals surface area contributed by atoms with Gasteiger partial charge in [0.2, 0.25) is 0 Å². The zero-order valence-corrected chi connectivity index (χ0v) is 17.6. The zero-order valence-electron chi connectivity index (χ0n) is 16.8. The summed E-state index contributed by atoms with van der Waals surface area (Å²) < 4.78 is 4.40. The number of aryl methyl sites for hydroxylation is 1. The molecule has 1 aromatic heterocycles. The van der Waals surface area contributed by atoms with E-state index in [0.717, 1.165) is 47.8 Å². The van der Waals surface area contributed by atoms with E-state index < -0.39 is 0 Å². The minimum absolute atomic E-state index is 0.000681. The summed E-state index contributed by atoms with van der Waals surface area (Å²) in [6, 6.07) is 16.1. The normalized spacial score (nSPS) is 12.8. The average Bonchev–Trinajstić information content (AvgIpc) is 3.32. The maximum Gasteiger partial charge on any atom is 0.266 e. The minimum atomic E-state index is -0.000681. The summed E-state index contributed by atoms with van der Waals surface area (Å²) in [5.74, 6) is 1.21. The maximum atomic E-state index is 12.7. The third kappa shape index (κ3) is 4.54. The summed E-state index contributed by atoms with van der Waals surface area (Å²) in [6.45, 7) is 3.50. The number of carbonyl (C=O) groups excluding carboxylic acids is 1. The third-order valence-electron chi connectivity index (χ3n) is 5.50. The Morgan fingerprint density at radius 1 is 1.14 bits per heavy atom. The Kier molecular flexibility index (Phi) is 6.00. The molecule has 1 aliphatic heterocycles. The first-order valence-electron chi connectivity index (χ1n) is 10.4. The number of benzene rings is 2. The van der Waals surface area contributed by atoms with Gasteiger partial charge in [0.25, 0.3) is 11.7 Å². The maximum absolute atomic E-state index is 12.7. The molecule has 2 aromatic carbocycles. The summed E-state index contributed by atoms with van der Waals surface area (Å²) in [4.78, 5) is 12.7. The minimum Gasteiger partial charge on any atom is -0.323 e. The highest BCUT2D eigenvalue weighted by Gasteiger charge is 2.29. The van der Waals surface area contributed by atoms with E-state index in [9.17, 15) is 4.79 Å². The molecule has 0 aliphatic carbocycles. The number of anilines is 1. The highest BCUT2D eigenvalue weighted by molar-refractivity contribution is 6.30.